The molecule has 0 bridgehead atoms. The molecular formula is C12H14F3N3. The molecule has 1 aromatic carbocycles. The number of para-hydroxylation sites is 1. The van der Waals surface area contributed by atoms with Crippen LogP contribution in [0.2, 0.25) is 0 Å². The molecule has 2 aromatic rings. The van der Waals surface area contributed by atoms with E-state index in [1.165, 1.54) is 0 Å². The van der Waals surface area contributed by atoms with Crippen molar-refractivity contribution in [2.75, 3.05) is 6.54 Å². The minimum atomic E-state index is -4.19. The standard InChI is InChI=1S/C12H14F3N3/c1-8-4-3-5-9-11(8)18(2)10(17-9)6-16-7-12(13,14)15/h3-5,16H,6-7H2,1-2H3. The highest BCUT2D eigenvalue weighted by molar-refractivity contribution is 5.79. The third kappa shape index (κ3) is 2.64. The Kier molecular flexibility index (Phi) is 3.30. The van der Waals surface area contributed by atoms with Crippen LogP contribution in [0.3, 0.4) is 0 Å². The lowest BCUT2D eigenvalue weighted by molar-refractivity contribution is -0.125. The molecule has 0 fully saturated rings. The smallest absolute Gasteiger partial charge is 0.330 e. The minimum absolute atomic E-state index is 0.101. The van der Waals surface area contributed by atoms with Crippen molar-refractivity contribution in [2.45, 2.75) is 19.6 Å². The number of alkyl halides is 3. The number of hydrogen-bond donors (Lipinski definition) is 1. The van der Waals surface area contributed by atoms with Gasteiger partial charge in [0.05, 0.1) is 24.1 Å². The van der Waals surface area contributed by atoms with Crippen LogP contribution in [-0.2, 0) is 13.6 Å². The number of aromatic nitrogens is 2. The number of imidazole rings is 1. The van der Waals surface area contributed by atoms with Gasteiger partial charge < -0.3 is 9.88 Å². The first-order valence-corrected chi connectivity index (χ1v) is 5.57. The van der Waals surface area contributed by atoms with Gasteiger partial charge in [0.2, 0.25) is 0 Å². The Bertz CT molecular complexity index is 557. The Morgan fingerprint density at radius 3 is 2.67 bits per heavy atom. The second-order valence-electron chi connectivity index (χ2n) is 4.25. The lowest BCUT2D eigenvalue weighted by atomic mass is 10.2. The molecule has 0 amide bonds. The fourth-order valence-corrected chi connectivity index (χ4v) is 1.99. The van der Waals surface area contributed by atoms with Gasteiger partial charge in [0.1, 0.15) is 5.82 Å². The maximum Gasteiger partial charge on any atom is 0.401 e. The summed E-state index contributed by atoms with van der Waals surface area (Å²) in [6, 6.07) is 5.70. The molecule has 0 aliphatic heterocycles. The summed E-state index contributed by atoms with van der Waals surface area (Å²) in [6.45, 7) is 1.05. The van der Waals surface area contributed by atoms with Crippen molar-refractivity contribution in [3.05, 3.63) is 29.6 Å². The minimum Gasteiger partial charge on any atom is -0.330 e. The van der Waals surface area contributed by atoms with Crippen LogP contribution in [0.15, 0.2) is 18.2 Å². The highest BCUT2D eigenvalue weighted by Crippen LogP contribution is 2.19. The van der Waals surface area contributed by atoms with Crippen molar-refractivity contribution in [2.24, 2.45) is 7.05 Å². The van der Waals surface area contributed by atoms with Gasteiger partial charge in [0.25, 0.3) is 0 Å². The third-order valence-electron chi connectivity index (χ3n) is 2.80. The summed E-state index contributed by atoms with van der Waals surface area (Å²) in [5.74, 6) is 0.601. The Balaban J connectivity index is 2.20. The number of halogens is 3. The van der Waals surface area contributed by atoms with Crippen molar-refractivity contribution >= 4 is 11.0 Å². The van der Waals surface area contributed by atoms with E-state index in [4.69, 9.17) is 0 Å². The highest BCUT2D eigenvalue weighted by Gasteiger charge is 2.26. The fraction of sp³-hybridized carbons (Fsp3) is 0.417. The van der Waals surface area contributed by atoms with E-state index in [2.05, 4.69) is 10.3 Å². The molecule has 0 atom stereocenters. The van der Waals surface area contributed by atoms with E-state index in [9.17, 15) is 13.2 Å². The van der Waals surface area contributed by atoms with Gasteiger partial charge in [-0.1, -0.05) is 12.1 Å². The summed E-state index contributed by atoms with van der Waals surface area (Å²) in [4.78, 5) is 4.33. The zero-order valence-corrected chi connectivity index (χ0v) is 10.2. The molecule has 2 rings (SSSR count). The highest BCUT2D eigenvalue weighted by atomic mass is 19.4. The molecule has 0 aliphatic carbocycles. The first-order chi connectivity index (χ1) is 8.38. The maximum atomic E-state index is 12.0. The van der Waals surface area contributed by atoms with E-state index in [1.807, 2.05) is 36.7 Å². The van der Waals surface area contributed by atoms with Gasteiger partial charge in [-0.25, -0.2) is 4.98 Å². The monoisotopic (exact) mass is 257 g/mol. The predicted molar refractivity (Wildman–Crippen MR) is 63.2 cm³/mol. The molecule has 1 N–H and O–H groups in total. The SMILES string of the molecule is Cc1cccc2nc(CNCC(F)(F)F)n(C)c12. The summed E-state index contributed by atoms with van der Waals surface area (Å²) in [5, 5.41) is 2.35. The summed E-state index contributed by atoms with van der Waals surface area (Å²) < 4.78 is 37.9. The van der Waals surface area contributed by atoms with E-state index in [1.54, 1.807) is 0 Å². The van der Waals surface area contributed by atoms with Crippen LogP contribution in [-0.4, -0.2) is 22.3 Å². The van der Waals surface area contributed by atoms with Crippen LogP contribution in [0.1, 0.15) is 11.4 Å². The molecule has 0 aliphatic rings. The normalized spacial score (nSPS) is 12.3. The van der Waals surface area contributed by atoms with Gasteiger partial charge in [0.15, 0.2) is 0 Å². The number of nitrogens with zero attached hydrogens (tertiary/aromatic N) is 2. The zero-order valence-electron chi connectivity index (χ0n) is 10.2. The second-order valence-corrected chi connectivity index (χ2v) is 4.25. The van der Waals surface area contributed by atoms with Crippen LogP contribution in [0.25, 0.3) is 11.0 Å². The molecule has 6 heteroatoms. The zero-order chi connectivity index (χ0) is 13.3. The van der Waals surface area contributed by atoms with E-state index in [-0.39, 0.29) is 6.54 Å². The Hall–Kier alpha value is -1.56. The quantitative estimate of drug-likeness (QED) is 0.915. The molecule has 1 heterocycles. The van der Waals surface area contributed by atoms with Crippen molar-refractivity contribution in [1.82, 2.24) is 14.9 Å². The molecule has 98 valence electrons. The van der Waals surface area contributed by atoms with Crippen LogP contribution >= 0.6 is 0 Å². The lowest BCUT2D eigenvalue weighted by Gasteiger charge is -2.08. The number of rotatable bonds is 3. The lowest BCUT2D eigenvalue weighted by Crippen LogP contribution is -2.29. The first kappa shape index (κ1) is 12.9. The molecule has 3 nitrogen and oxygen atoms in total. The Labute approximate surface area is 103 Å². The average Bonchev–Trinajstić information content (AvgIpc) is 2.55. The average molecular weight is 257 g/mol. The van der Waals surface area contributed by atoms with Crippen LogP contribution in [0.4, 0.5) is 13.2 Å². The topological polar surface area (TPSA) is 29.9 Å². The summed E-state index contributed by atoms with van der Waals surface area (Å²) in [7, 11) is 1.81. The van der Waals surface area contributed by atoms with Gasteiger partial charge >= 0.3 is 6.18 Å². The molecule has 0 spiro atoms. The van der Waals surface area contributed by atoms with Gasteiger partial charge in [-0.15, -0.1) is 0 Å². The Morgan fingerprint density at radius 2 is 2.06 bits per heavy atom. The maximum absolute atomic E-state index is 12.0. The van der Waals surface area contributed by atoms with Crippen LogP contribution < -0.4 is 5.32 Å². The second kappa shape index (κ2) is 4.61. The van der Waals surface area contributed by atoms with Gasteiger partial charge in [-0.05, 0) is 18.6 Å². The van der Waals surface area contributed by atoms with E-state index >= 15 is 0 Å². The largest absolute Gasteiger partial charge is 0.401 e. The number of nitrogens with one attached hydrogen (secondary N) is 1. The third-order valence-corrected chi connectivity index (χ3v) is 2.80. The van der Waals surface area contributed by atoms with Crippen molar-refractivity contribution in [3.8, 4) is 0 Å². The van der Waals surface area contributed by atoms with Crippen molar-refractivity contribution < 1.29 is 13.2 Å². The van der Waals surface area contributed by atoms with Gasteiger partial charge in [0, 0.05) is 7.05 Å². The van der Waals surface area contributed by atoms with Crippen LogP contribution in [0.5, 0.6) is 0 Å². The summed E-state index contributed by atoms with van der Waals surface area (Å²) in [6.07, 6.45) is -4.19. The van der Waals surface area contributed by atoms with Gasteiger partial charge in [-0.2, -0.15) is 13.2 Å². The molecule has 0 unspecified atom stereocenters. The summed E-state index contributed by atoms with van der Waals surface area (Å²) in [5.41, 5.74) is 2.83. The Morgan fingerprint density at radius 1 is 1.33 bits per heavy atom. The number of fused-ring (bicyclic) bond motifs is 1. The van der Waals surface area contributed by atoms with Crippen molar-refractivity contribution in [3.63, 3.8) is 0 Å². The number of hydrogen-bond acceptors (Lipinski definition) is 2. The number of benzene rings is 1. The molecule has 18 heavy (non-hydrogen) atoms. The molecule has 0 saturated carbocycles. The van der Waals surface area contributed by atoms with E-state index < -0.39 is 12.7 Å². The summed E-state index contributed by atoms with van der Waals surface area (Å²) >= 11 is 0. The predicted octanol–water partition coefficient (Wildman–Crippen LogP) is 2.53. The van der Waals surface area contributed by atoms with Crippen LogP contribution in [0, 0.1) is 6.92 Å². The van der Waals surface area contributed by atoms with E-state index in [0.717, 1.165) is 16.6 Å². The molecule has 1 aromatic heterocycles. The first-order valence-electron chi connectivity index (χ1n) is 5.57. The molecule has 0 saturated heterocycles. The van der Waals surface area contributed by atoms with Gasteiger partial charge in [-0.3, -0.25) is 0 Å². The van der Waals surface area contributed by atoms with Crippen molar-refractivity contribution in [1.29, 1.82) is 0 Å². The van der Waals surface area contributed by atoms with E-state index in [0.29, 0.717) is 5.82 Å². The fourth-order valence-electron chi connectivity index (χ4n) is 1.99. The number of aryl methyl sites for hydroxylation is 2. The molecular weight excluding hydrogens is 243 g/mol. The molecule has 0 radical (unpaired) electrons.